The van der Waals surface area contributed by atoms with Crippen LogP contribution in [0.4, 0.5) is 0 Å². The van der Waals surface area contributed by atoms with Crippen LogP contribution in [-0.4, -0.2) is 18.2 Å². The molecule has 2 aromatic rings. The number of halogens is 2. The second-order valence-corrected chi connectivity index (χ2v) is 7.60. The number of carbonyl (C=O) groups excluding carboxylic acids is 1. The molecule has 1 aliphatic heterocycles. The van der Waals surface area contributed by atoms with Crippen molar-refractivity contribution in [1.29, 1.82) is 0 Å². The van der Waals surface area contributed by atoms with Crippen molar-refractivity contribution in [2.24, 2.45) is 10.7 Å². The molecule has 0 fully saturated rings. The van der Waals surface area contributed by atoms with Gasteiger partial charge in [-0.1, -0.05) is 29.8 Å². The summed E-state index contributed by atoms with van der Waals surface area (Å²) >= 11 is 10.8. The molecule has 0 saturated carbocycles. The van der Waals surface area contributed by atoms with Gasteiger partial charge in [-0.2, -0.15) is 4.99 Å². The van der Waals surface area contributed by atoms with E-state index in [2.05, 4.69) is 20.9 Å². The lowest BCUT2D eigenvalue weighted by Gasteiger charge is -2.14. The Kier molecular flexibility index (Phi) is 5.90. The Morgan fingerprint density at radius 1 is 1.35 bits per heavy atom. The quantitative estimate of drug-likeness (QED) is 0.669. The number of hydrogen-bond donors (Lipinski definition) is 1. The molecule has 1 heterocycles. The molecule has 0 radical (unpaired) electrons. The van der Waals surface area contributed by atoms with E-state index in [0.29, 0.717) is 32.5 Å². The van der Waals surface area contributed by atoms with Crippen molar-refractivity contribution < 1.29 is 14.3 Å². The molecule has 0 bridgehead atoms. The molecule has 0 aromatic heterocycles. The molecule has 1 amide bonds. The van der Waals surface area contributed by atoms with Crippen LogP contribution < -0.4 is 15.2 Å². The third kappa shape index (κ3) is 4.23. The number of nitrogens with zero attached hydrogens (tertiary/aromatic N) is 1. The van der Waals surface area contributed by atoms with Crippen LogP contribution in [0.25, 0.3) is 6.08 Å². The van der Waals surface area contributed by atoms with Gasteiger partial charge in [-0.25, -0.2) is 0 Å². The Bertz CT molecular complexity index is 931. The summed E-state index contributed by atoms with van der Waals surface area (Å²) in [7, 11) is 1.55. The van der Waals surface area contributed by atoms with E-state index in [0.717, 1.165) is 22.9 Å². The predicted molar refractivity (Wildman–Crippen MR) is 109 cm³/mol. The number of benzene rings is 2. The molecule has 1 aliphatic rings. The Hall–Kier alpha value is -1.96. The van der Waals surface area contributed by atoms with E-state index < -0.39 is 0 Å². The normalized spacial score (nSPS) is 15.3. The number of hydrogen-bond acceptors (Lipinski definition) is 5. The van der Waals surface area contributed by atoms with Gasteiger partial charge in [0.25, 0.3) is 5.91 Å². The van der Waals surface area contributed by atoms with Crippen molar-refractivity contribution in [2.45, 2.75) is 6.61 Å². The van der Waals surface area contributed by atoms with Crippen LogP contribution in [0.3, 0.4) is 0 Å². The highest BCUT2D eigenvalue weighted by Crippen LogP contribution is 2.39. The first-order valence-electron chi connectivity index (χ1n) is 7.49. The van der Waals surface area contributed by atoms with Crippen LogP contribution in [0.5, 0.6) is 11.5 Å². The molecular weight excluding hydrogens is 440 g/mol. The average Bonchev–Trinajstić information content (AvgIpc) is 2.92. The molecule has 5 nitrogen and oxygen atoms in total. The van der Waals surface area contributed by atoms with Crippen molar-refractivity contribution in [2.75, 3.05) is 7.11 Å². The van der Waals surface area contributed by atoms with E-state index in [4.69, 9.17) is 26.8 Å². The number of thioether (sulfide) groups is 1. The smallest absolute Gasteiger partial charge is 0.286 e. The standard InChI is InChI=1S/C18H14BrClN2O3S/c1-24-14-7-10(8-15-17(23)22-18(21)26-15)6-12(19)16(14)25-9-11-4-2-3-5-13(11)20/h2-8H,9H2,1H3,(H2,21,22,23)/b15-8-. The monoisotopic (exact) mass is 452 g/mol. The van der Waals surface area contributed by atoms with Crippen LogP contribution in [0.2, 0.25) is 5.02 Å². The van der Waals surface area contributed by atoms with Crippen molar-refractivity contribution >= 4 is 56.4 Å². The van der Waals surface area contributed by atoms with Gasteiger partial charge in [-0.05, 0) is 57.5 Å². The first-order chi connectivity index (χ1) is 12.5. The summed E-state index contributed by atoms with van der Waals surface area (Å²) in [6.07, 6.45) is 1.71. The van der Waals surface area contributed by atoms with Crippen LogP contribution in [0, 0.1) is 0 Å². The van der Waals surface area contributed by atoms with Gasteiger partial charge in [0.15, 0.2) is 16.7 Å². The van der Waals surface area contributed by atoms with Gasteiger partial charge >= 0.3 is 0 Å². The Morgan fingerprint density at radius 2 is 2.12 bits per heavy atom. The Morgan fingerprint density at radius 3 is 2.77 bits per heavy atom. The van der Waals surface area contributed by atoms with Gasteiger partial charge in [0.05, 0.1) is 16.5 Å². The minimum absolute atomic E-state index is 0.243. The van der Waals surface area contributed by atoms with Crippen molar-refractivity contribution in [1.82, 2.24) is 0 Å². The minimum Gasteiger partial charge on any atom is -0.493 e. The number of methoxy groups -OCH3 is 1. The molecule has 0 aliphatic carbocycles. The zero-order valence-electron chi connectivity index (χ0n) is 13.7. The SMILES string of the molecule is COc1cc(/C=C2\SC(N)=NC2=O)cc(Br)c1OCc1ccccc1Cl. The molecule has 3 rings (SSSR count). The first-order valence-corrected chi connectivity index (χ1v) is 9.48. The van der Waals surface area contributed by atoms with E-state index in [-0.39, 0.29) is 11.1 Å². The lowest BCUT2D eigenvalue weighted by molar-refractivity contribution is -0.113. The molecule has 2 N–H and O–H groups in total. The highest BCUT2D eigenvalue weighted by molar-refractivity contribution is 9.10. The highest BCUT2D eigenvalue weighted by atomic mass is 79.9. The number of nitrogens with two attached hydrogens (primary N) is 1. The van der Waals surface area contributed by atoms with Crippen molar-refractivity contribution in [3.8, 4) is 11.5 Å². The number of carbonyl (C=O) groups is 1. The summed E-state index contributed by atoms with van der Waals surface area (Å²) in [4.78, 5) is 15.9. The van der Waals surface area contributed by atoms with Gasteiger partial charge in [0.1, 0.15) is 6.61 Å². The zero-order valence-corrected chi connectivity index (χ0v) is 16.8. The van der Waals surface area contributed by atoms with E-state index in [1.807, 2.05) is 30.3 Å². The number of rotatable bonds is 5. The molecule has 0 spiro atoms. The summed E-state index contributed by atoms with van der Waals surface area (Å²) in [5, 5.41) is 0.880. The van der Waals surface area contributed by atoms with Gasteiger partial charge in [-0.3, -0.25) is 4.79 Å². The van der Waals surface area contributed by atoms with E-state index in [1.54, 1.807) is 19.3 Å². The van der Waals surface area contributed by atoms with Gasteiger partial charge in [0, 0.05) is 10.6 Å². The van der Waals surface area contributed by atoms with Crippen LogP contribution >= 0.6 is 39.3 Å². The molecule has 134 valence electrons. The van der Waals surface area contributed by atoms with Gasteiger partial charge < -0.3 is 15.2 Å². The van der Waals surface area contributed by atoms with Crippen LogP contribution in [0.1, 0.15) is 11.1 Å². The third-order valence-electron chi connectivity index (χ3n) is 3.52. The number of ether oxygens (including phenoxy) is 2. The van der Waals surface area contributed by atoms with Gasteiger partial charge in [0.2, 0.25) is 0 Å². The summed E-state index contributed by atoms with van der Waals surface area (Å²) in [5.74, 6) is 0.736. The average molecular weight is 454 g/mol. The maximum atomic E-state index is 11.7. The van der Waals surface area contributed by atoms with Crippen molar-refractivity contribution in [3.05, 3.63) is 61.9 Å². The highest BCUT2D eigenvalue weighted by Gasteiger charge is 2.20. The molecule has 26 heavy (non-hydrogen) atoms. The zero-order chi connectivity index (χ0) is 18.7. The Labute approximate surface area is 168 Å². The minimum atomic E-state index is -0.346. The number of amidine groups is 1. The third-order valence-corrected chi connectivity index (χ3v) is 5.29. The van der Waals surface area contributed by atoms with E-state index in [9.17, 15) is 4.79 Å². The maximum absolute atomic E-state index is 11.7. The van der Waals surface area contributed by atoms with Gasteiger partial charge in [-0.15, -0.1) is 0 Å². The predicted octanol–water partition coefficient (Wildman–Crippen LogP) is 4.62. The fourth-order valence-electron chi connectivity index (χ4n) is 2.31. The molecule has 0 saturated heterocycles. The second-order valence-electron chi connectivity index (χ2n) is 5.28. The topological polar surface area (TPSA) is 73.9 Å². The lowest BCUT2D eigenvalue weighted by Crippen LogP contribution is -2.01. The summed E-state index contributed by atoms with van der Waals surface area (Å²) in [5.41, 5.74) is 7.21. The molecule has 2 aromatic carbocycles. The second kappa shape index (κ2) is 8.16. The lowest BCUT2D eigenvalue weighted by atomic mass is 10.2. The molecule has 0 atom stereocenters. The summed E-state index contributed by atoms with van der Waals surface area (Å²) in [6, 6.07) is 11.1. The van der Waals surface area contributed by atoms with E-state index in [1.165, 1.54) is 0 Å². The van der Waals surface area contributed by atoms with Crippen molar-refractivity contribution in [3.63, 3.8) is 0 Å². The van der Waals surface area contributed by atoms with Crippen LogP contribution in [0.15, 0.2) is 50.8 Å². The van der Waals surface area contributed by atoms with E-state index >= 15 is 0 Å². The maximum Gasteiger partial charge on any atom is 0.286 e. The summed E-state index contributed by atoms with van der Waals surface area (Å²) < 4.78 is 12.0. The van der Waals surface area contributed by atoms with Crippen LogP contribution in [-0.2, 0) is 11.4 Å². The number of aliphatic imine (C=N–C) groups is 1. The number of amides is 1. The molecule has 0 unspecified atom stereocenters. The Balaban J connectivity index is 1.85. The molecular formula is C18H14BrClN2O3S. The first kappa shape index (κ1) is 18.8. The fourth-order valence-corrected chi connectivity index (χ4v) is 3.75. The molecule has 8 heteroatoms. The summed E-state index contributed by atoms with van der Waals surface area (Å²) in [6.45, 7) is 0.299. The fraction of sp³-hybridized carbons (Fsp3) is 0.111. The largest absolute Gasteiger partial charge is 0.493 e.